The molecule has 1 fully saturated rings. The summed E-state index contributed by atoms with van der Waals surface area (Å²) in [5.74, 6) is 0.618. The molecule has 0 radical (unpaired) electrons. The number of nitrogens with zero attached hydrogens (tertiary/aromatic N) is 4. The van der Waals surface area contributed by atoms with Crippen molar-refractivity contribution in [1.29, 1.82) is 0 Å². The molecule has 5 nitrogen and oxygen atoms in total. The van der Waals surface area contributed by atoms with Gasteiger partial charge in [-0.15, -0.1) is 11.3 Å². The van der Waals surface area contributed by atoms with Gasteiger partial charge in [0.05, 0.1) is 5.39 Å². The molecule has 158 valence electrons. The summed E-state index contributed by atoms with van der Waals surface area (Å²) in [6, 6.07) is 6.74. The lowest BCUT2D eigenvalue weighted by Crippen LogP contribution is -2.48. The molecule has 5 rings (SSSR count). The van der Waals surface area contributed by atoms with Gasteiger partial charge in [0.1, 0.15) is 10.6 Å². The van der Waals surface area contributed by atoms with Crippen LogP contribution >= 0.6 is 11.3 Å². The van der Waals surface area contributed by atoms with Crippen LogP contribution in [-0.4, -0.2) is 40.6 Å². The van der Waals surface area contributed by atoms with E-state index in [4.69, 9.17) is 4.98 Å². The number of fused-ring (bicyclic) bond motifs is 3. The van der Waals surface area contributed by atoms with E-state index in [2.05, 4.69) is 9.80 Å². The third-order valence-electron chi connectivity index (χ3n) is 6.35. The van der Waals surface area contributed by atoms with Crippen molar-refractivity contribution >= 4 is 27.5 Å². The van der Waals surface area contributed by atoms with Crippen LogP contribution in [0.15, 0.2) is 29.1 Å². The molecule has 30 heavy (non-hydrogen) atoms. The van der Waals surface area contributed by atoms with Gasteiger partial charge in [0.25, 0.3) is 5.56 Å². The quantitative estimate of drug-likeness (QED) is 0.636. The molecule has 3 heterocycles. The standard InChI is InChI=1S/C23H27FN4OS/c1-2-28-22(29)20-18-5-3-4-6-19(18)30-21(20)25-23(28)27-13-11-26(12-14-27)15-16-7-9-17(24)10-8-16/h7-10H,2-6,11-15H2,1H3. The minimum Gasteiger partial charge on any atom is -0.340 e. The number of hydrogen-bond acceptors (Lipinski definition) is 5. The summed E-state index contributed by atoms with van der Waals surface area (Å²) < 4.78 is 15.0. The van der Waals surface area contributed by atoms with Crippen LogP contribution in [0, 0.1) is 5.82 Å². The Kier molecular flexibility index (Phi) is 5.33. The third-order valence-corrected chi connectivity index (χ3v) is 7.53. The number of benzene rings is 1. The number of piperazine rings is 1. The van der Waals surface area contributed by atoms with E-state index in [1.54, 1.807) is 11.3 Å². The SMILES string of the molecule is CCn1c(N2CCN(Cc3ccc(F)cc3)CC2)nc2sc3c(c2c1=O)CCCC3. The molecule has 1 saturated heterocycles. The normalized spacial score (nSPS) is 17.5. The zero-order valence-corrected chi connectivity index (χ0v) is 18.2. The molecule has 7 heteroatoms. The van der Waals surface area contributed by atoms with Gasteiger partial charge in [0.2, 0.25) is 5.95 Å². The second-order valence-electron chi connectivity index (χ2n) is 8.24. The first kappa shape index (κ1) is 19.7. The van der Waals surface area contributed by atoms with E-state index >= 15 is 0 Å². The predicted octanol–water partition coefficient (Wildman–Crippen LogP) is 3.82. The summed E-state index contributed by atoms with van der Waals surface area (Å²) in [5.41, 5.74) is 2.52. The lowest BCUT2D eigenvalue weighted by atomic mass is 9.97. The number of anilines is 1. The summed E-state index contributed by atoms with van der Waals surface area (Å²) >= 11 is 1.72. The zero-order chi connectivity index (χ0) is 20.7. The zero-order valence-electron chi connectivity index (χ0n) is 17.4. The Balaban J connectivity index is 1.38. The van der Waals surface area contributed by atoms with Crippen LogP contribution in [0.5, 0.6) is 0 Å². The van der Waals surface area contributed by atoms with E-state index in [1.165, 1.54) is 35.4 Å². The molecule has 0 amide bonds. The monoisotopic (exact) mass is 426 g/mol. The molecule has 2 aromatic heterocycles. The smallest absolute Gasteiger partial charge is 0.263 e. The molecule has 1 aliphatic heterocycles. The van der Waals surface area contributed by atoms with Crippen LogP contribution in [0.4, 0.5) is 10.3 Å². The van der Waals surface area contributed by atoms with Gasteiger partial charge in [0, 0.05) is 44.1 Å². The van der Waals surface area contributed by atoms with E-state index in [-0.39, 0.29) is 11.4 Å². The second-order valence-corrected chi connectivity index (χ2v) is 9.33. The molecule has 0 spiro atoms. The Morgan fingerprint density at radius 1 is 1.07 bits per heavy atom. The predicted molar refractivity (Wildman–Crippen MR) is 120 cm³/mol. The molecular formula is C23H27FN4OS. The van der Waals surface area contributed by atoms with E-state index in [9.17, 15) is 9.18 Å². The maximum absolute atomic E-state index is 13.4. The van der Waals surface area contributed by atoms with Gasteiger partial charge in [-0.25, -0.2) is 9.37 Å². The van der Waals surface area contributed by atoms with Gasteiger partial charge in [-0.3, -0.25) is 14.3 Å². The molecule has 0 atom stereocenters. The fourth-order valence-corrected chi connectivity index (χ4v) is 5.96. The van der Waals surface area contributed by atoms with Crippen LogP contribution in [0.2, 0.25) is 0 Å². The molecule has 0 N–H and O–H groups in total. The minimum absolute atomic E-state index is 0.130. The lowest BCUT2D eigenvalue weighted by Gasteiger charge is -2.36. The first-order valence-electron chi connectivity index (χ1n) is 10.9. The van der Waals surface area contributed by atoms with Crippen molar-refractivity contribution in [3.05, 3.63) is 56.4 Å². The summed E-state index contributed by atoms with van der Waals surface area (Å²) in [6.07, 6.45) is 4.48. The maximum Gasteiger partial charge on any atom is 0.263 e. The second kappa shape index (κ2) is 8.12. The van der Waals surface area contributed by atoms with Gasteiger partial charge in [0.15, 0.2) is 0 Å². The topological polar surface area (TPSA) is 41.4 Å². The average Bonchev–Trinajstić information content (AvgIpc) is 3.14. The molecule has 0 bridgehead atoms. The number of halogens is 1. The molecular weight excluding hydrogens is 399 g/mol. The Morgan fingerprint density at radius 3 is 2.53 bits per heavy atom. The third kappa shape index (κ3) is 3.54. The van der Waals surface area contributed by atoms with Gasteiger partial charge in [-0.05, 0) is 55.9 Å². The van der Waals surface area contributed by atoms with E-state index in [1.807, 2.05) is 23.6 Å². The number of hydrogen-bond donors (Lipinski definition) is 0. The van der Waals surface area contributed by atoms with E-state index < -0.39 is 0 Å². The summed E-state index contributed by atoms with van der Waals surface area (Å²) in [4.78, 5) is 25.3. The van der Waals surface area contributed by atoms with Crippen LogP contribution in [-0.2, 0) is 25.9 Å². The summed E-state index contributed by atoms with van der Waals surface area (Å²) in [6.45, 7) is 6.96. The van der Waals surface area contributed by atoms with Gasteiger partial charge in [-0.1, -0.05) is 12.1 Å². The van der Waals surface area contributed by atoms with Crippen molar-refractivity contribution in [3.8, 4) is 0 Å². The first-order valence-corrected chi connectivity index (χ1v) is 11.7. The van der Waals surface area contributed by atoms with Crippen molar-refractivity contribution in [2.24, 2.45) is 0 Å². The summed E-state index contributed by atoms with van der Waals surface area (Å²) in [5, 5.41) is 0.871. The number of rotatable bonds is 4. The van der Waals surface area contributed by atoms with Crippen LogP contribution in [0.3, 0.4) is 0 Å². The molecule has 1 aromatic carbocycles. The largest absolute Gasteiger partial charge is 0.340 e. The molecule has 1 aliphatic carbocycles. The molecule has 3 aromatic rings. The van der Waals surface area contributed by atoms with Crippen LogP contribution in [0.1, 0.15) is 35.8 Å². The van der Waals surface area contributed by atoms with Crippen molar-refractivity contribution in [3.63, 3.8) is 0 Å². The highest BCUT2D eigenvalue weighted by molar-refractivity contribution is 7.18. The fourth-order valence-electron chi connectivity index (χ4n) is 4.71. The molecule has 0 saturated carbocycles. The average molecular weight is 427 g/mol. The maximum atomic E-state index is 13.4. The first-order chi connectivity index (χ1) is 14.6. The number of thiophene rings is 1. The highest BCUT2D eigenvalue weighted by Crippen LogP contribution is 2.34. The highest BCUT2D eigenvalue weighted by atomic mass is 32.1. The Hall–Kier alpha value is -2.25. The highest BCUT2D eigenvalue weighted by Gasteiger charge is 2.25. The van der Waals surface area contributed by atoms with Crippen LogP contribution in [0.25, 0.3) is 10.2 Å². The van der Waals surface area contributed by atoms with Crippen LogP contribution < -0.4 is 10.5 Å². The number of aryl methyl sites for hydroxylation is 2. The van der Waals surface area contributed by atoms with Gasteiger partial charge in [-0.2, -0.15) is 0 Å². The lowest BCUT2D eigenvalue weighted by molar-refractivity contribution is 0.248. The Morgan fingerprint density at radius 2 is 1.80 bits per heavy atom. The molecule has 0 unspecified atom stereocenters. The Labute approximate surface area is 179 Å². The van der Waals surface area contributed by atoms with E-state index in [0.29, 0.717) is 6.54 Å². The van der Waals surface area contributed by atoms with Crippen molar-refractivity contribution in [2.45, 2.75) is 45.7 Å². The molecule has 2 aliphatic rings. The van der Waals surface area contributed by atoms with Crippen molar-refractivity contribution < 1.29 is 4.39 Å². The van der Waals surface area contributed by atoms with Crippen molar-refractivity contribution in [1.82, 2.24) is 14.5 Å². The van der Waals surface area contributed by atoms with Gasteiger partial charge < -0.3 is 4.90 Å². The summed E-state index contributed by atoms with van der Waals surface area (Å²) in [7, 11) is 0. The van der Waals surface area contributed by atoms with E-state index in [0.717, 1.165) is 67.3 Å². The van der Waals surface area contributed by atoms with Gasteiger partial charge >= 0.3 is 0 Å². The fraction of sp³-hybridized carbons (Fsp3) is 0.478. The van der Waals surface area contributed by atoms with Crippen molar-refractivity contribution in [2.75, 3.05) is 31.1 Å². The Bertz CT molecular complexity index is 1110. The minimum atomic E-state index is -0.196. The number of aromatic nitrogens is 2.